The molecule has 17 heavy (non-hydrogen) atoms. The van der Waals surface area contributed by atoms with Crippen molar-refractivity contribution in [2.75, 3.05) is 5.73 Å². The summed E-state index contributed by atoms with van der Waals surface area (Å²) in [6.07, 6.45) is 1.80. The number of aromatic nitrogens is 1. The third-order valence-corrected chi connectivity index (χ3v) is 3.79. The minimum atomic E-state index is 0.594. The first kappa shape index (κ1) is 10.3. The van der Waals surface area contributed by atoms with Crippen LogP contribution in [0.5, 0.6) is 0 Å². The van der Waals surface area contributed by atoms with E-state index in [1.165, 1.54) is 15.6 Å². The van der Waals surface area contributed by atoms with Gasteiger partial charge in [-0.1, -0.05) is 18.2 Å². The molecular formula is C14H12N2S. The molecule has 3 heteroatoms. The van der Waals surface area contributed by atoms with Crippen LogP contribution in [-0.2, 0) is 0 Å². The fourth-order valence-corrected chi connectivity index (χ4v) is 2.93. The number of anilines is 1. The van der Waals surface area contributed by atoms with Crippen molar-refractivity contribution < 1.29 is 0 Å². The Morgan fingerprint density at radius 1 is 1.18 bits per heavy atom. The van der Waals surface area contributed by atoms with Gasteiger partial charge in [0.25, 0.3) is 0 Å². The van der Waals surface area contributed by atoms with Gasteiger partial charge in [-0.3, -0.25) is 0 Å². The van der Waals surface area contributed by atoms with Crippen molar-refractivity contribution in [1.82, 2.24) is 4.98 Å². The van der Waals surface area contributed by atoms with Gasteiger partial charge in [-0.15, -0.1) is 11.3 Å². The molecule has 0 radical (unpaired) electrons. The van der Waals surface area contributed by atoms with Gasteiger partial charge < -0.3 is 5.73 Å². The predicted molar refractivity (Wildman–Crippen MR) is 74.2 cm³/mol. The van der Waals surface area contributed by atoms with Crippen molar-refractivity contribution in [2.45, 2.75) is 6.92 Å². The van der Waals surface area contributed by atoms with E-state index in [0.29, 0.717) is 5.82 Å². The predicted octanol–water partition coefficient (Wildman–Crippen LogP) is 3.85. The van der Waals surface area contributed by atoms with E-state index in [9.17, 15) is 0 Å². The molecule has 0 saturated heterocycles. The molecule has 0 aliphatic carbocycles. The molecule has 0 atom stereocenters. The maximum absolute atomic E-state index is 5.97. The van der Waals surface area contributed by atoms with Crippen LogP contribution in [0.4, 0.5) is 5.82 Å². The molecule has 0 unspecified atom stereocenters. The second-order valence-electron chi connectivity index (χ2n) is 4.09. The van der Waals surface area contributed by atoms with E-state index in [1.807, 2.05) is 6.92 Å². The zero-order valence-electron chi connectivity index (χ0n) is 9.47. The third-order valence-electron chi connectivity index (χ3n) is 2.82. The molecule has 0 amide bonds. The second-order valence-corrected chi connectivity index (χ2v) is 5.01. The van der Waals surface area contributed by atoms with Crippen molar-refractivity contribution in [3.63, 3.8) is 0 Å². The van der Waals surface area contributed by atoms with Gasteiger partial charge in [0.2, 0.25) is 0 Å². The summed E-state index contributed by atoms with van der Waals surface area (Å²) in [6.45, 7) is 2.03. The lowest BCUT2D eigenvalue weighted by molar-refractivity contribution is 1.28. The molecule has 1 aromatic carbocycles. The highest BCUT2D eigenvalue weighted by molar-refractivity contribution is 7.17. The molecule has 0 aliphatic rings. The minimum Gasteiger partial charge on any atom is -0.383 e. The Morgan fingerprint density at radius 3 is 2.94 bits per heavy atom. The maximum Gasteiger partial charge on any atom is 0.131 e. The Morgan fingerprint density at radius 2 is 2.06 bits per heavy atom. The van der Waals surface area contributed by atoms with E-state index in [0.717, 1.165) is 11.1 Å². The molecule has 2 aromatic heterocycles. The number of nitrogen functional groups attached to an aromatic ring is 1. The first-order chi connectivity index (χ1) is 8.25. The van der Waals surface area contributed by atoms with Gasteiger partial charge in [-0.2, -0.15) is 0 Å². The smallest absolute Gasteiger partial charge is 0.131 e. The maximum atomic E-state index is 5.97. The van der Waals surface area contributed by atoms with Crippen molar-refractivity contribution in [2.24, 2.45) is 0 Å². The van der Waals surface area contributed by atoms with Gasteiger partial charge in [-0.25, -0.2) is 4.98 Å². The molecule has 0 bridgehead atoms. The molecule has 2 heterocycles. The third kappa shape index (κ3) is 1.68. The van der Waals surface area contributed by atoms with Gasteiger partial charge in [0.15, 0.2) is 0 Å². The quantitative estimate of drug-likeness (QED) is 0.701. The van der Waals surface area contributed by atoms with E-state index in [2.05, 4.69) is 40.7 Å². The summed E-state index contributed by atoms with van der Waals surface area (Å²) in [5.74, 6) is 0.594. The average molecular weight is 240 g/mol. The fraction of sp³-hybridized carbons (Fsp3) is 0.0714. The molecule has 0 saturated carbocycles. The van der Waals surface area contributed by atoms with Crippen molar-refractivity contribution in [3.05, 3.63) is 47.5 Å². The molecule has 2 nitrogen and oxygen atoms in total. The summed E-state index contributed by atoms with van der Waals surface area (Å²) < 4.78 is 1.27. The fourth-order valence-electron chi connectivity index (χ4n) is 2.00. The summed E-state index contributed by atoms with van der Waals surface area (Å²) in [4.78, 5) is 4.23. The molecule has 0 aliphatic heterocycles. The van der Waals surface area contributed by atoms with Gasteiger partial charge >= 0.3 is 0 Å². The number of hydrogen-bond donors (Lipinski definition) is 1. The number of benzene rings is 1. The highest BCUT2D eigenvalue weighted by Crippen LogP contribution is 2.34. The number of fused-ring (bicyclic) bond motifs is 1. The largest absolute Gasteiger partial charge is 0.383 e. The standard InChI is InChI=1S/C14H12N2S/c1-9-7-12(14(15)16-8-9)11-4-2-3-10-5-6-17-13(10)11/h2-8H,1H3,(H2,15,16). The first-order valence-corrected chi connectivity index (χ1v) is 6.32. The van der Waals surface area contributed by atoms with Crippen molar-refractivity contribution >= 4 is 27.2 Å². The van der Waals surface area contributed by atoms with Gasteiger partial charge in [0.1, 0.15) is 5.82 Å². The van der Waals surface area contributed by atoms with Crippen LogP contribution in [0.15, 0.2) is 41.9 Å². The Balaban J connectivity index is 2.34. The molecule has 3 rings (SSSR count). The first-order valence-electron chi connectivity index (χ1n) is 5.44. The van der Waals surface area contributed by atoms with Crippen LogP contribution in [0.2, 0.25) is 0 Å². The summed E-state index contributed by atoms with van der Waals surface area (Å²) in [5.41, 5.74) is 9.30. The van der Waals surface area contributed by atoms with E-state index in [4.69, 9.17) is 5.73 Å². The molecule has 0 spiro atoms. The van der Waals surface area contributed by atoms with Crippen LogP contribution in [-0.4, -0.2) is 4.98 Å². The highest BCUT2D eigenvalue weighted by atomic mass is 32.1. The number of hydrogen-bond acceptors (Lipinski definition) is 3. The highest BCUT2D eigenvalue weighted by Gasteiger charge is 2.08. The van der Waals surface area contributed by atoms with Gasteiger partial charge in [-0.05, 0) is 35.4 Å². The van der Waals surface area contributed by atoms with E-state index >= 15 is 0 Å². The number of pyridine rings is 1. The Bertz CT molecular complexity index is 686. The molecule has 84 valence electrons. The Kier molecular flexibility index (Phi) is 2.34. The summed E-state index contributed by atoms with van der Waals surface area (Å²) in [6, 6.07) is 10.5. The SMILES string of the molecule is Cc1cnc(N)c(-c2cccc3ccsc23)c1. The lowest BCUT2D eigenvalue weighted by Gasteiger charge is -2.07. The normalized spacial score (nSPS) is 10.9. The van der Waals surface area contributed by atoms with E-state index in [1.54, 1.807) is 17.5 Å². The molecule has 0 fully saturated rings. The van der Waals surface area contributed by atoms with Crippen LogP contribution in [0.1, 0.15) is 5.56 Å². The van der Waals surface area contributed by atoms with Crippen LogP contribution in [0.25, 0.3) is 21.2 Å². The summed E-state index contributed by atoms with van der Waals surface area (Å²) in [7, 11) is 0. The lowest BCUT2D eigenvalue weighted by atomic mass is 10.0. The number of nitrogens with zero attached hydrogens (tertiary/aromatic N) is 1. The van der Waals surface area contributed by atoms with Crippen molar-refractivity contribution in [3.8, 4) is 11.1 Å². The number of nitrogens with two attached hydrogens (primary N) is 1. The van der Waals surface area contributed by atoms with Crippen LogP contribution >= 0.6 is 11.3 Å². The van der Waals surface area contributed by atoms with Gasteiger partial charge in [0.05, 0.1) is 0 Å². The Hall–Kier alpha value is -1.87. The monoisotopic (exact) mass is 240 g/mol. The van der Waals surface area contributed by atoms with Crippen LogP contribution < -0.4 is 5.73 Å². The molecule has 3 aromatic rings. The van der Waals surface area contributed by atoms with E-state index in [-0.39, 0.29) is 0 Å². The summed E-state index contributed by atoms with van der Waals surface area (Å²) >= 11 is 1.74. The number of thiophene rings is 1. The van der Waals surface area contributed by atoms with Crippen molar-refractivity contribution in [1.29, 1.82) is 0 Å². The van der Waals surface area contributed by atoms with Crippen LogP contribution in [0, 0.1) is 6.92 Å². The average Bonchev–Trinajstić information content (AvgIpc) is 2.80. The minimum absolute atomic E-state index is 0.594. The lowest BCUT2D eigenvalue weighted by Crippen LogP contribution is -1.94. The van der Waals surface area contributed by atoms with E-state index < -0.39 is 0 Å². The van der Waals surface area contributed by atoms with Gasteiger partial charge in [0, 0.05) is 22.0 Å². The zero-order chi connectivity index (χ0) is 11.8. The zero-order valence-corrected chi connectivity index (χ0v) is 10.3. The topological polar surface area (TPSA) is 38.9 Å². The second kappa shape index (κ2) is 3.86. The molecular weight excluding hydrogens is 228 g/mol. The number of rotatable bonds is 1. The number of aryl methyl sites for hydroxylation is 1. The molecule has 2 N–H and O–H groups in total. The van der Waals surface area contributed by atoms with Crippen LogP contribution in [0.3, 0.4) is 0 Å². The summed E-state index contributed by atoms with van der Waals surface area (Å²) in [5, 5.41) is 3.36. The Labute approximate surface area is 104 Å².